The molecular weight excluding hydrogens is 194 g/mol. The van der Waals surface area contributed by atoms with E-state index in [1.165, 1.54) is 5.12 Å². The van der Waals surface area contributed by atoms with Crippen molar-refractivity contribution in [2.24, 2.45) is 5.84 Å². The van der Waals surface area contributed by atoms with Crippen LogP contribution in [0.3, 0.4) is 0 Å². The van der Waals surface area contributed by atoms with Crippen LogP contribution in [0.1, 0.15) is 20.3 Å². The van der Waals surface area contributed by atoms with Crippen molar-refractivity contribution in [2.45, 2.75) is 20.3 Å². The summed E-state index contributed by atoms with van der Waals surface area (Å²) in [7, 11) is 0. The number of fused-ring (bicyclic) bond motifs is 1. The zero-order valence-electron chi connectivity index (χ0n) is 8.90. The Kier molecular flexibility index (Phi) is 2.37. The van der Waals surface area contributed by atoms with Crippen LogP contribution in [0.25, 0.3) is 0 Å². The number of hydrazine groups is 3. The van der Waals surface area contributed by atoms with Crippen molar-refractivity contribution in [1.82, 2.24) is 20.6 Å². The van der Waals surface area contributed by atoms with Crippen LogP contribution < -0.4 is 11.4 Å². The van der Waals surface area contributed by atoms with Gasteiger partial charge in [-0.25, -0.2) is 16.0 Å². The summed E-state index contributed by atoms with van der Waals surface area (Å²) in [4.78, 5) is 13.6. The van der Waals surface area contributed by atoms with Crippen LogP contribution in [-0.2, 0) is 4.79 Å². The van der Waals surface area contributed by atoms with Gasteiger partial charge in [0.15, 0.2) is 5.82 Å². The van der Waals surface area contributed by atoms with Crippen molar-refractivity contribution in [1.29, 1.82) is 0 Å². The van der Waals surface area contributed by atoms with Gasteiger partial charge < -0.3 is 0 Å². The Morgan fingerprint density at radius 2 is 2.20 bits per heavy atom. The number of carbonyl (C=O) groups excluding carboxylic acids is 1. The van der Waals surface area contributed by atoms with Gasteiger partial charge in [0.05, 0.1) is 6.20 Å². The molecular formula is C9H15N5O. The first kappa shape index (κ1) is 10.0. The molecule has 2 aliphatic heterocycles. The molecule has 1 amide bonds. The third-order valence-electron chi connectivity index (χ3n) is 2.35. The second-order valence-electron chi connectivity index (χ2n) is 3.63. The maximum Gasteiger partial charge on any atom is 0.256 e. The van der Waals surface area contributed by atoms with Gasteiger partial charge in [-0.15, -0.1) is 5.53 Å². The highest BCUT2D eigenvalue weighted by Gasteiger charge is 2.31. The largest absolute Gasteiger partial charge is 0.292 e. The quantitative estimate of drug-likeness (QED) is 0.619. The SMILES string of the molecule is CCCN1C(=O)C(C)=CN2NN(N)C=C21. The summed E-state index contributed by atoms with van der Waals surface area (Å²) in [6, 6.07) is 0. The number of carbonyl (C=O) groups is 1. The Balaban J connectivity index is 2.32. The summed E-state index contributed by atoms with van der Waals surface area (Å²) in [5.41, 5.74) is 3.57. The van der Waals surface area contributed by atoms with Gasteiger partial charge in [-0.3, -0.25) is 9.69 Å². The minimum absolute atomic E-state index is 0.0384. The number of hydrogen-bond donors (Lipinski definition) is 2. The highest BCUT2D eigenvalue weighted by atomic mass is 16.2. The molecule has 0 aromatic rings. The fraction of sp³-hybridized carbons (Fsp3) is 0.444. The standard InChI is InChI=1S/C9H15N5O/c1-3-4-12-8-6-14(10)11-13(8)5-7(2)9(12)15/h5-6,11H,3-4,10H2,1-2H3. The average molecular weight is 209 g/mol. The highest BCUT2D eigenvalue weighted by molar-refractivity contribution is 5.94. The Bertz CT molecular complexity index is 348. The van der Waals surface area contributed by atoms with E-state index in [-0.39, 0.29) is 5.91 Å². The van der Waals surface area contributed by atoms with Gasteiger partial charge in [0.1, 0.15) is 0 Å². The zero-order valence-corrected chi connectivity index (χ0v) is 8.90. The van der Waals surface area contributed by atoms with Crippen molar-refractivity contribution in [3.05, 3.63) is 23.8 Å². The summed E-state index contributed by atoms with van der Waals surface area (Å²) >= 11 is 0. The molecule has 2 aliphatic rings. The molecule has 3 N–H and O–H groups in total. The topological polar surface area (TPSA) is 64.8 Å². The van der Waals surface area contributed by atoms with E-state index in [9.17, 15) is 4.79 Å². The van der Waals surface area contributed by atoms with Crippen LogP contribution in [0.4, 0.5) is 0 Å². The molecule has 6 heteroatoms. The van der Waals surface area contributed by atoms with E-state index in [0.717, 1.165) is 12.2 Å². The van der Waals surface area contributed by atoms with Gasteiger partial charge in [-0.05, 0) is 13.3 Å². The molecule has 0 fully saturated rings. The Labute approximate surface area is 88.5 Å². The summed E-state index contributed by atoms with van der Waals surface area (Å²) in [5.74, 6) is 6.39. The van der Waals surface area contributed by atoms with Crippen molar-refractivity contribution in [3.63, 3.8) is 0 Å². The van der Waals surface area contributed by atoms with E-state index in [1.54, 1.807) is 29.2 Å². The van der Waals surface area contributed by atoms with Gasteiger partial charge in [0, 0.05) is 18.3 Å². The van der Waals surface area contributed by atoms with Crippen LogP contribution >= 0.6 is 0 Å². The minimum atomic E-state index is 0.0384. The molecule has 0 aromatic carbocycles. The molecule has 15 heavy (non-hydrogen) atoms. The molecule has 0 unspecified atom stereocenters. The van der Waals surface area contributed by atoms with E-state index in [0.29, 0.717) is 12.1 Å². The summed E-state index contributed by atoms with van der Waals surface area (Å²) in [5, 5.41) is 3.08. The second-order valence-corrected chi connectivity index (χ2v) is 3.63. The molecule has 0 saturated heterocycles. The summed E-state index contributed by atoms with van der Waals surface area (Å²) in [6.07, 6.45) is 4.35. The van der Waals surface area contributed by atoms with Crippen LogP contribution in [0.2, 0.25) is 0 Å². The first-order valence-corrected chi connectivity index (χ1v) is 4.95. The Morgan fingerprint density at radius 3 is 2.87 bits per heavy atom. The number of nitrogens with two attached hydrogens (primary N) is 1. The monoisotopic (exact) mass is 209 g/mol. The maximum absolute atomic E-state index is 11.9. The molecule has 0 bridgehead atoms. The number of hydrogen-bond acceptors (Lipinski definition) is 5. The molecule has 2 heterocycles. The van der Waals surface area contributed by atoms with E-state index in [2.05, 4.69) is 5.53 Å². The summed E-state index contributed by atoms with van der Waals surface area (Å²) < 4.78 is 0. The number of amides is 1. The van der Waals surface area contributed by atoms with Crippen molar-refractivity contribution in [2.75, 3.05) is 6.54 Å². The van der Waals surface area contributed by atoms with Crippen molar-refractivity contribution in [3.8, 4) is 0 Å². The molecule has 0 spiro atoms. The lowest BCUT2D eigenvalue weighted by Gasteiger charge is -2.32. The lowest BCUT2D eigenvalue weighted by atomic mass is 10.2. The summed E-state index contributed by atoms with van der Waals surface area (Å²) in [6.45, 7) is 4.53. The molecule has 0 atom stereocenters. The first-order valence-electron chi connectivity index (χ1n) is 4.95. The van der Waals surface area contributed by atoms with Gasteiger partial charge >= 0.3 is 0 Å². The van der Waals surface area contributed by atoms with E-state index in [1.807, 2.05) is 6.92 Å². The van der Waals surface area contributed by atoms with Crippen LogP contribution in [0.15, 0.2) is 23.8 Å². The first-order chi connectivity index (χ1) is 7.13. The molecule has 0 aliphatic carbocycles. The van der Waals surface area contributed by atoms with E-state index < -0.39 is 0 Å². The predicted molar refractivity (Wildman–Crippen MR) is 54.8 cm³/mol. The molecule has 2 rings (SSSR count). The Morgan fingerprint density at radius 1 is 1.47 bits per heavy atom. The number of nitrogens with zero attached hydrogens (tertiary/aromatic N) is 3. The van der Waals surface area contributed by atoms with Crippen molar-refractivity contribution >= 4 is 5.91 Å². The smallest absolute Gasteiger partial charge is 0.256 e. The third kappa shape index (κ3) is 1.57. The molecule has 82 valence electrons. The molecule has 0 radical (unpaired) electrons. The third-order valence-corrected chi connectivity index (χ3v) is 2.35. The van der Waals surface area contributed by atoms with Crippen molar-refractivity contribution < 1.29 is 4.79 Å². The minimum Gasteiger partial charge on any atom is -0.292 e. The predicted octanol–water partition coefficient (Wildman–Crippen LogP) is -0.148. The molecule has 6 nitrogen and oxygen atoms in total. The number of nitrogens with one attached hydrogen (secondary N) is 1. The lowest BCUT2D eigenvalue weighted by molar-refractivity contribution is -0.127. The number of rotatable bonds is 2. The van der Waals surface area contributed by atoms with Crippen LogP contribution in [0.5, 0.6) is 0 Å². The van der Waals surface area contributed by atoms with Gasteiger partial charge in [0.25, 0.3) is 5.91 Å². The maximum atomic E-state index is 11.9. The van der Waals surface area contributed by atoms with Gasteiger partial charge in [-0.1, -0.05) is 6.92 Å². The van der Waals surface area contributed by atoms with Gasteiger partial charge in [0.2, 0.25) is 0 Å². The van der Waals surface area contributed by atoms with Gasteiger partial charge in [-0.2, -0.15) is 0 Å². The zero-order chi connectivity index (χ0) is 11.0. The van der Waals surface area contributed by atoms with E-state index >= 15 is 0 Å². The molecule has 0 saturated carbocycles. The lowest BCUT2D eigenvalue weighted by Crippen LogP contribution is -2.47. The van der Waals surface area contributed by atoms with Crippen LogP contribution in [0, 0.1) is 0 Å². The second kappa shape index (κ2) is 3.56. The fourth-order valence-electron chi connectivity index (χ4n) is 1.69. The molecule has 0 aromatic heterocycles. The van der Waals surface area contributed by atoms with Crippen LogP contribution in [-0.4, -0.2) is 27.5 Å². The Hall–Kier alpha value is -1.53. The fourth-order valence-corrected chi connectivity index (χ4v) is 1.69. The highest BCUT2D eigenvalue weighted by Crippen LogP contribution is 2.23. The van der Waals surface area contributed by atoms with E-state index in [4.69, 9.17) is 5.84 Å². The normalized spacial score (nSPS) is 20.5. The average Bonchev–Trinajstić information content (AvgIpc) is 2.53.